The zero-order valence-electron chi connectivity index (χ0n) is 18.9. The number of nitrogens with one attached hydrogen (secondary N) is 1. The average molecular weight is 433 g/mol. The van der Waals surface area contributed by atoms with Crippen LogP contribution in [0.5, 0.6) is 5.75 Å². The Bertz CT molecular complexity index is 1070. The van der Waals surface area contributed by atoms with Gasteiger partial charge in [-0.1, -0.05) is 62.4 Å². The van der Waals surface area contributed by atoms with Crippen LogP contribution in [0.15, 0.2) is 72.8 Å². The van der Waals surface area contributed by atoms with Crippen LogP contribution in [0.2, 0.25) is 0 Å². The van der Waals surface area contributed by atoms with Crippen LogP contribution in [0.3, 0.4) is 0 Å². The van der Waals surface area contributed by atoms with Gasteiger partial charge in [0.25, 0.3) is 0 Å². The van der Waals surface area contributed by atoms with Gasteiger partial charge in [-0.25, -0.2) is 4.98 Å². The van der Waals surface area contributed by atoms with Crippen molar-refractivity contribution in [2.24, 2.45) is 0 Å². The number of benzene rings is 2. The van der Waals surface area contributed by atoms with Crippen molar-refractivity contribution >= 4 is 11.5 Å². The van der Waals surface area contributed by atoms with Gasteiger partial charge >= 0.3 is 5.97 Å². The van der Waals surface area contributed by atoms with Crippen molar-refractivity contribution in [1.29, 1.82) is 0 Å². The second-order valence-electron chi connectivity index (χ2n) is 7.02. The molecule has 0 amide bonds. The van der Waals surface area contributed by atoms with Gasteiger partial charge in [-0.3, -0.25) is 4.79 Å². The molecule has 5 nitrogen and oxygen atoms in total. The molecular weight excluding hydrogens is 400 g/mol. The number of esters is 1. The topological polar surface area (TPSA) is 64.2 Å². The maximum absolute atomic E-state index is 12.0. The fourth-order valence-electron chi connectivity index (χ4n) is 3.37. The number of aromatic amines is 1. The third kappa shape index (κ3) is 5.97. The van der Waals surface area contributed by atoms with E-state index in [1.54, 1.807) is 0 Å². The number of carbonyl (C=O) groups is 1. The highest BCUT2D eigenvalue weighted by atomic mass is 16.5. The maximum atomic E-state index is 12.0. The molecule has 2 aromatic carbocycles. The summed E-state index contributed by atoms with van der Waals surface area (Å²) in [4.78, 5) is 20.2. The molecule has 0 atom stereocenters. The molecule has 0 radical (unpaired) electrons. The van der Waals surface area contributed by atoms with Crippen molar-refractivity contribution < 1.29 is 15.7 Å². The van der Waals surface area contributed by atoms with Crippen molar-refractivity contribution in [3.63, 3.8) is 0 Å². The van der Waals surface area contributed by atoms with Crippen LogP contribution in [-0.2, 0) is 22.6 Å². The zero-order chi connectivity index (χ0) is 22.8. The molecule has 1 aliphatic rings. The van der Waals surface area contributed by atoms with E-state index in [4.69, 9.17) is 14.5 Å². The van der Waals surface area contributed by atoms with Gasteiger partial charge in [0.1, 0.15) is 18.2 Å². The number of fused-ring (bicyclic) bond motifs is 1. The fourth-order valence-corrected chi connectivity index (χ4v) is 3.37. The lowest BCUT2D eigenvalue weighted by Crippen LogP contribution is -2.05. The summed E-state index contributed by atoms with van der Waals surface area (Å²) in [5, 5.41) is 0. The Morgan fingerprint density at radius 1 is 1.09 bits per heavy atom. The highest BCUT2D eigenvalue weighted by molar-refractivity contribution is 5.86. The van der Waals surface area contributed by atoms with E-state index < -0.39 is 0 Å². The number of allylic oxidation sites excluding steroid dienone is 3. The van der Waals surface area contributed by atoms with Crippen LogP contribution in [0.25, 0.3) is 17.0 Å². The molecule has 0 saturated carbocycles. The van der Waals surface area contributed by atoms with E-state index in [0.717, 1.165) is 46.1 Å². The molecule has 168 valence electrons. The highest BCUT2D eigenvalue weighted by Gasteiger charge is 2.18. The summed E-state index contributed by atoms with van der Waals surface area (Å²) in [6.07, 6.45) is 6.90. The zero-order valence-corrected chi connectivity index (χ0v) is 18.9. The summed E-state index contributed by atoms with van der Waals surface area (Å²) in [5.74, 6) is 1.34. The minimum atomic E-state index is -0.241. The summed E-state index contributed by atoms with van der Waals surface area (Å²) in [6.45, 7) is 6.72. The lowest BCUT2D eigenvalue weighted by molar-refractivity contribution is -0.141. The van der Waals surface area contributed by atoms with Crippen molar-refractivity contribution in [1.82, 2.24) is 9.97 Å². The normalized spacial score (nSPS) is 12.0. The van der Waals surface area contributed by atoms with Gasteiger partial charge in [-0.15, -0.1) is 0 Å². The van der Waals surface area contributed by atoms with Gasteiger partial charge in [0.05, 0.1) is 18.7 Å². The standard InChI is InChI=1S/C25H24N2O3.C2H6.H2/c1-2-29-23(28)16-20-10-6-7-11-22-24(20)27-25(26-22)19-12-14-21(15-13-19)30-17-18-8-4-3-5-9-18;1-2;/h3-10,12-15H,2,11,16-17H2,1H3,(H,26,27);1-2H3;1H. The molecule has 1 aromatic heterocycles. The highest BCUT2D eigenvalue weighted by Crippen LogP contribution is 2.28. The number of nitrogens with zero attached hydrogens (tertiary/aromatic N) is 1. The predicted octanol–water partition coefficient (Wildman–Crippen LogP) is 6.38. The maximum Gasteiger partial charge on any atom is 0.310 e. The number of hydrogen-bond donors (Lipinski definition) is 1. The smallest absolute Gasteiger partial charge is 0.310 e. The number of carbonyl (C=O) groups excluding carboxylic acids is 1. The molecule has 1 aliphatic carbocycles. The Morgan fingerprint density at radius 3 is 2.56 bits per heavy atom. The van der Waals surface area contributed by atoms with Crippen molar-refractivity contribution in [3.8, 4) is 17.1 Å². The molecule has 5 heteroatoms. The van der Waals surface area contributed by atoms with Crippen molar-refractivity contribution in [2.75, 3.05) is 6.61 Å². The van der Waals surface area contributed by atoms with Crippen LogP contribution in [0.1, 0.15) is 45.6 Å². The Balaban J connectivity index is 0.00000125. The number of hydrogen-bond acceptors (Lipinski definition) is 4. The molecule has 0 bridgehead atoms. The van der Waals surface area contributed by atoms with Gasteiger partial charge in [0, 0.05) is 19.1 Å². The Kier molecular flexibility index (Phi) is 8.44. The molecule has 0 aliphatic heterocycles. The second-order valence-corrected chi connectivity index (χ2v) is 7.02. The molecule has 1 heterocycles. The number of imidazole rings is 1. The van der Waals surface area contributed by atoms with E-state index in [2.05, 4.69) is 11.1 Å². The average Bonchev–Trinajstić information content (AvgIpc) is 3.18. The molecule has 0 fully saturated rings. The minimum absolute atomic E-state index is 0. The predicted molar refractivity (Wildman–Crippen MR) is 130 cm³/mol. The lowest BCUT2D eigenvalue weighted by Gasteiger charge is -2.07. The van der Waals surface area contributed by atoms with E-state index in [9.17, 15) is 4.79 Å². The Hall–Kier alpha value is -3.60. The van der Waals surface area contributed by atoms with Gasteiger partial charge < -0.3 is 14.5 Å². The number of ether oxygens (including phenoxy) is 2. The molecule has 3 aromatic rings. The van der Waals surface area contributed by atoms with E-state index in [1.165, 1.54) is 0 Å². The molecule has 0 unspecified atom stereocenters. The Labute approximate surface area is 191 Å². The van der Waals surface area contributed by atoms with Crippen LogP contribution in [0.4, 0.5) is 0 Å². The van der Waals surface area contributed by atoms with Gasteiger partial charge in [0.15, 0.2) is 0 Å². The van der Waals surface area contributed by atoms with Crippen LogP contribution < -0.4 is 4.74 Å². The minimum Gasteiger partial charge on any atom is -0.489 e. The lowest BCUT2D eigenvalue weighted by atomic mass is 10.1. The number of H-pyrrole nitrogens is 1. The Morgan fingerprint density at radius 2 is 1.84 bits per heavy atom. The largest absolute Gasteiger partial charge is 0.489 e. The molecule has 32 heavy (non-hydrogen) atoms. The van der Waals surface area contributed by atoms with Crippen LogP contribution in [-0.4, -0.2) is 22.5 Å². The van der Waals surface area contributed by atoms with Crippen LogP contribution >= 0.6 is 0 Å². The first-order valence-electron chi connectivity index (χ1n) is 11.1. The molecule has 1 N–H and O–H groups in total. The van der Waals surface area contributed by atoms with E-state index in [-0.39, 0.29) is 13.8 Å². The van der Waals surface area contributed by atoms with E-state index >= 15 is 0 Å². The summed E-state index contributed by atoms with van der Waals surface area (Å²) in [5.41, 5.74) is 4.79. The molecule has 4 rings (SSSR count). The summed E-state index contributed by atoms with van der Waals surface area (Å²) < 4.78 is 11.0. The van der Waals surface area contributed by atoms with E-state index in [1.807, 2.05) is 87.5 Å². The SMILES string of the molecule is CC.CCOC(=O)CC1=CC=CCc2[nH]c(-c3ccc(OCc4ccccc4)cc3)nc21.[HH]. The molecular formula is C27H32N2O3. The monoisotopic (exact) mass is 432 g/mol. The van der Waals surface area contributed by atoms with Gasteiger partial charge in [-0.2, -0.15) is 0 Å². The quantitative estimate of drug-likeness (QED) is 0.440. The summed E-state index contributed by atoms with van der Waals surface area (Å²) >= 11 is 0. The summed E-state index contributed by atoms with van der Waals surface area (Å²) in [6, 6.07) is 18.0. The third-order valence-electron chi connectivity index (χ3n) is 4.85. The van der Waals surface area contributed by atoms with E-state index in [0.29, 0.717) is 13.2 Å². The van der Waals surface area contributed by atoms with Crippen molar-refractivity contribution in [3.05, 3.63) is 89.8 Å². The van der Waals surface area contributed by atoms with Gasteiger partial charge in [-0.05, 0) is 42.3 Å². The number of aromatic nitrogens is 2. The first-order valence-corrected chi connectivity index (χ1v) is 11.1. The van der Waals surface area contributed by atoms with Crippen molar-refractivity contribution in [2.45, 2.75) is 40.2 Å². The first-order chi connectivity index (χ1) is 15.7. The molecule has 0 spiro atoms. The van der Waals surface area contributed by atoms with Crippen LogP contribution in [0, 0.1) is 0 Å². The number of rotatable bonds is 7. The third-order valence-corrected chi connectivity index (χ3v) is 4.85. The second kappa shape index (κ2) is 11.7. The fraction of sp³-hybridized carbons (Fsp3) is 0.259. The van der Waals surface area contributed by atoms with Gasteiger partial charge in [0.2, 0.25) is 0 Å². The summed E-state index contributed by atoms with van der Waals surface area (Å²) in [7, 11) is 0. The molecule has 0 saturated heterocycles. The first kappa shape index (κ1) is 23.1.